The van der Waals surface area contributed by atoms with Crippen LogP contribution in [0.4, 0.5) is 5.13 Å². The number of anilines is 1. The number of nitrogens with zero attached hydrogens (tertiary/aromatic N) is 2. The van der Waals surface area contributed by atoms with Gasteiger partial charge in [-0.25, -0.2) is 13.1 Å². The highest BCUT2D eigenvalue weighted by Gasteiger charge is 2.19. The van der Waals surface area contributed by atoms with Gasteiger partial charge < -0.3 is 0 Å². The Morgan fingerprint density at radius 1 is 1.25 bits per heavy atom. The molecule has 1 heterocycles. The van der Waals surface area contributed by atoms with Crippen LogP contribution in [0.1, 0.15) is 15.9 Å². The molecule has 1 aromatic carbocycles. The van der Waals surface area contributed by atoms with Gasteiger partial charge in [0.15, 0.2) is 0 Å². The lowest BCUT2D eigenvalue weighted by molar-refractivity contribution is 0.102. The van der Waals surface area contributed by atoms with Crippen LogP contribution in [-0.4, -0.2) is 31.6 Å². The molecule has 0 spiro atoms. The number of amides is 1. The molecule has 0 aliphatic heterocycles. The molecule has 0 unspecified atom stereocenters. The first-order valence-electron chi connectivity index (χ1n) is 5.58. The number of carbonyl (C=O) groups excluding carboxylic acids is 1. The Kier molecular flexibility index (Phi) is 4.12. The smallest absolute Gasteiger partial charge is 0.269 e. The van der Waals surface area contributed by atoms with Crippen molar-refractivity contribution in [1.82, 2.24) is 14.9 Å². The number of aryl methyl sites for hydroxylation is 1. The van der Waals surface area contributed by atoms with Crippen LogP contribution < -0.4 is 10.0 Å². The fourth-order valence-corrected chi connectivity index (χ4v) is 3.17. The molecule has 0 fully saturated rings. The van der Waals surface area contributed by atoms with Gasteiger partial charge in [0, 0.05) is 5.56 Å². The number of hydrogen-bond donors (Lipinski definition) is 2. The summed E-state index contributed by atoms with van der Waals surface area (Å²) in [6.07, 6.45) is 0. The molecule has 0 aliphatic carbocycles. The molecule has 1 aromatic heterocycles. The SMILES string of the molecule is CNS(=O)(=O)c1nnc(NC(=O)c2ccccc2C)s1. The highest BCUT2D eigenvalue weighted by Crippen LogP contribution is 2.20. The quantitative estimate of drug-likeness (QED) is 0.820. The van der Waals surface area contributed by atoms with Crippen LogP contribution in [0.2, 0.25) is 0 Å². The van der Waals surface area contributed by atoms with Crippen LogP contribution >= 0.6 is 11.3 Å². The molecular weight excluding hydrogens is 300 g/mol. The molecule has 0 saturated carbocycles. The van der Waals surface area contributed by atoms with Gasteiger partial charge in [-0.3, -0.25) is 10.1 Å². The van der Waals surface area contributed by atoms with E-state index in [0.717, 1.165) is 16.9 Å². The molecule has 0 radical (unpaired) electrons. The number of hydrogen-bond acceptors (Lipinski definition) is 6. The second-order valence-corrected chi connectivity index (χ2v) is 6.89. The van der Waals surface area contributed by atoms with Crippen molar-refractivity contribution < 1.29 is 13.2 Å². The molecule has 0 atom stereocenters. The zero-order valence-corrected chi connectivity index (χ0v) is 12.4. The number of aromatic nitrogens is 2. The van der Waals surface area contributed by atoms with Crippen molar-refractivity contribution in [2.45, 2.75) is 11.3 Å². The Labute approximate surface area is 120 Å². The molecule has 0 bridgehead atoms. The van der Waals surface area contributed by atoms with E-state index in [0.29, 0.717) is 5.56 Å². The molecular formula is C11H12N4O3S2. The van der Waals surface area contributed by atoms with E-state index in [1.807, 2.05) is 19.1 Å². The normalized spacial score (nSPS) is 11.3. The molecule has 2 aromatic rings. The van der Waals surface area contributed by atoms with E-state index in [1.165, 1.54) is 7.05 Å². The molecule has 9 heteroatoms. The van der Waals surface area contributed by atoms with Crippen LogP contribution in [0.3, 0.4) is 0 Å². The molecule has 1 amide bonds. The maximum absolute atomic E-state index is 12.0. The fourth-order valence-electron chi connectivity index (χ4n) is 1.45. The van der Waals surface area contributed by atoms with Gasteiger partial charge in [0.1, 0.15) is 0 Å². The van der Waals surface area contributed by atoms with Crippen molar-refractivity contribution in [3.8, 4) is 0 Å². The monoisotopic (exact) mass is 312 g/mol. The number of rotatable bonds is 4. The highest BCUT2D eigenvalue weighted by molar-refractivity contribution is 7.91. The van der Waals surface area contributed by atoms with Crippen LogP contribution in [0.25, 0.3) is 0 Å². The lowest BCUT2D eigenvalue weighted by Crippen LogP contribution is -2.18. The standard InChI is InChI=1S/C11H12N4O3S2/c1-7-5-3-4-6-8(7)9(16)13-10-14-15-11(19-10)20(17,18)12-2/h3-6,12H,1-2H3,(H,13,14,16). The summed E-state index contributed by atoms with van der Waals surface area (Å²) in [5.74, 6) is -0.354. The van der Waals surface area contributed by atoms with E-state index >= 15 is 0 Å². The summed E-state index contributed by atoms with van der Waals surface area (Å²) in [5, 5.41) is 9.84. The summed E-state index contributed by atoms with van der Waals surface area (Å²) in [4.78, 5) is 12.0. The fraction of sp³-hybridized carbons (Fsp3) is 0.182. The van der Waals surface area contributed by atoms with Gasteiger partial charge in [-0.15, -0.1) is 10.2 Å². The minimum atomic E-state index is -3.64. The summed E-state index contributed by atoms with van der Waals surface area (Å²) in [6.45, 7) is 1.81. The second kappa shape index (κ2) is 5.65. The van der Waals surface area contributed by atoms with Gasteiger partial charge in [0.2, 0.25) is 9.47 Å². The summed E-state index contributed by atoms with van der Waals surface area (Å²) in [7, 11) is -2.36. The predicted molar refractivity (Wildman–Crippen MR) is 75.3 cm³/mol. The molecule has 2 N–H and O–H groups in total. The van der Waals surface area contributed by atoms with E-state index in [9.17, 15) is 13.2 Å². The van der Waals surface area contributed by atoms with Gasteiger partial charge in [-0.05, 0) is 25.6 Å². The molecule has 20 heavy (non-hydrogen) atoms. The van der Waals surface area contributed by atoms with Crippen molar-refractivity contribution in [2.24, 2.45) is 0 Å². The van der Waals surface area contributed by atoms with E-state index in [1.54, 1.807) is 12.1 Å². The van der Waals surface area contributed by atoms with Crippen LogP contribution in [-0.2, 0) is 10.0 Å². The molecule has 2 rings (SSSR count). The van der Waals surface area contributed by atoms with Gasteiger partial charge in [-0.2, -0.15) is 0 Å². The predicted octanol–water partition coefficient (Wildman–Crippen LogP) is 1.01. The summed E-state index contributed by atoms with van der Waals surface area (Å²) < 4.78 is 25.0. The topological polar surface area (TPSA) is 101 Å². The zero-order chi connectivity index (χ0) is 14.8. The minimum Gasteiger partial charge on any atom is -0.296 e. The van der Waals surface area contributed by atoms with Crippen molar-refractivity contribution in [3.63, 3.8) is 0 Å². The van der Waals surface area contributed by atoms with E-state index in [-0.39, 0.29) is 15.4 Å². The Bertz CT molecular complexity index is 740. The van der Waals surface area contributed by atoms with Crippen LogP contribution in [0.15, 0.2) is 28.6 Å². The zero-order valence-electron chi connectivity index (χ0n) is 10.7. The molecule has 0 aliphatic rings. The molecule has 0 saturated heterocycles. The summed E-state index contributed by atoms with van der Waals surface area (Å²) in [5.41, 5.74) is 1.32. The maximum atomic E-state index is 12.0. The maximum Gasteiger partial charge on any atom is 0.269 e. The van der Waals surface area contributed by atoms with Gasteiger partial charge in [-0.1, -0.05) is 29.5 Å². The Morgan fingerprint density at radius 3 is 2.60 bits per heavy atom. The largest absolute Gasteiger partial charge is 0.296 e. The first-order chi connectivity index (χ1) is 9.44. The number of benzene rings is 1. The summed E-state index contributed by atoms with van der Waals surface area (Å²) in [6, 6.07) is 7.07. The number of sulfonamides is 1. The first kappa shape index (κ1) is 14.6. The van der Waals surface area contributed by atoms with E-state index in [2.05, 4.69) is 20.2 Å². The third-order valence-corrected chi connectivity index (χ3v) is 5.14. The van der Waals surface area contributed by atoms with Crippen molar-refractivity contribution in [2.75, 3.05) is 12.4 Å². The summed E-state index contributed by atoms with van der Waals surface area (Å²) >= 11 is 0.789. The lowest BCUT2D eigenvalue weighted by Gasteiger charge is -2.03. The second-order valence-electron chi connectivity index (χ2n) is 3.85. The minimum absolute atomic E-state index is 0.132. The Morgan fingerprint density at radius 2 is 1.95 bits per heavy atom. The molecule has 106 valence electrons. The third kappa shape index (κ3) is 3.00. The van der Waals surface area contributed by atoms with Gasteiger partial charge in [0.25, 0.3) is 15.9 Å². The number of carbonyl (C=O) groups is 1. The lowest BCUT2D eigenvalue weighted by atomic mass is 10.1. The van der Waals surface area contributed by atoms with E-state index < -0.39 is 10.0 Å². The van der Waals surface area contributed by atoms with Crippen molar-refractivity contribution in [1.29, 1.82) is 0 Å². The van der Waals surface area contributed by atoms with Gasteiger partial charge >= 0.3 is 0 Å². The first-order valence-corrected chi connectivity index (χ1v) is 7.88. The Hall–Kier alpha value is -1.84. The van der Waals surface area contributed by atoms with Crippen LogP contribution in [0.5, 0.6) is 0 Å². The molecule has 7 nitrogen and oxygen atoms in total. The Balaban J connectivity index is 2.20. The van der Waals surface area contributed by atoms with Crippen LogP contribution in [0, 0.1) is 6.92 Å². The van der Waals surface area contributed by atoms with Crippen molar-refractivity contribution in [3.05, 3.63) is 35.4 Å². The van der Waals surface area contributed by atoms with Crippen molar-refractivity contribution >= 4 is 32.4 Å². The average Bonchev–Trinajstić information content (AvgIpc) is 2.88. The average molecular weight is 312 g/mol. The highest BCUT2D eigenvalue weighted by atomic mass is 32.2. The van der Waals surface area contributed by atoms with E-state index in [4.69, 9.17) is 0 Å². The van der Waals surface area contributed by atoms with Gasteiger partial charge in [0.05, 0.1) is 0 Å². The third-order valence-electron chi connectivity index (χ3n) is 2.52. The number of nitrogens with one attached hydrogen (secondary N) is 2.